The van der Waals surface area contributed by atoms with Crippen LogP contribution in [0, 0.1) is 0 Å². The van der Waals surface area contributed by atoms with Crippen molar-refractivity contribution in [2.75, 3.05) is 6.54 Å². The van der Waals surface area contributed by atoms with Crippen LogP contribution in [0.1, 0.15) is 44.5 Å². The number of likely N-dealkylation sites (tertiary alicyclic amines) is 1. The highest BCUT2D eigenvalue weighted by Crippen LogP contribution is 2.31. The Morgan fingerprint density at radius 2 is 2.14 bits per heavy atom. The fourth-order valence-electron chi connectivity index (χ4n) is 2.76. The van der Waals surface area contributed by atoms with E-state index in [1.54, 1.807) is 0 Å². The van der Waals surface area contributed by atoms with Crippen LogP contribution in [0.3, 0.4) is 0 Å². The van der Waals surface area contributed by atoms with Gasteiger partial charge in [-0.1, -0.05) is 42.4 Å². The summed E-state index contributed by atoms with van der Waals surface area (Å²) in [4.78, 5) is 18.4. The molecule has 1 aliphatic rings. The SMILES string of the molecule is CCC(=O)N1CCCC[C@H]1c1nc(-c2ccccc2)no1. The molecule has 21 heavy (non-hydrogen) atoms. The predicted molar refractivity (Wildman–Crippen MR) is 78.3 cm³/mol. The first-order valence-corrected chi connectivity index (χ1v) is 7.48. The van der Waals surface area contributed by atoms with E-state index in [1.807, 2.05) is 42.2 Å². The van der Waals surface area contributed by atoms with Gasteiger partial charge in [0.2, 0.25) is 17.6 Å². The number of aromatic nitrogens is 2. The van der Waals surface area contributed by atoms with E-state index < -0.39 is 0 Å². The molecule has 1 amide bonds. The third-order valence-corrected chi connectivity index (χ3v) is 3.88. The second-order valence-electron chi connectivity index (χ2n) is 5.27. The number of hydrogen-bond donors (Lipinski definition) is 0. The summed E-state index contributed by atoms with van der Waals surface area (Å²) in [6, 6.07) is 9.66. The Morgan fingerprint density at radius 3 is 2.90 bits per heavy atom. The van der Waals surface area contributed by atoms with Gasteiger partial charge >= 0.3 is 0 Å². The summed E-state index contributed by atoms with van der Waals surface area (Å²) in [5, 5.41) is 4.06. The molecule has 0 N–H and O–H groups in total. The van der Waals surface area contributed by atoms with E-state index >= 15 is 0 Å². The molecule has 2 aromatic rings. The number of benzene rings is 1. The number of carbonyl (C=O) groups excluding carboxylic acids is 1. The monoisotopic (exact) mass is 285 g/mol. The zero-order chi connectivity index (χ0) is 14.7. The lowest BCUT2D eigenvalue weighted by molar-refractivity contribution is -0.135. The smallest absolute Gasteiger partial charge is 0.249 e. The summed E-state index contributed by atoms with van der Waals surface area (Å²) in [5.41, 5.74) is 0.927. The van der Waals surface area contributed by atoms with Crippen molar-refractivity contribution in [3.05, 3.63) is 36.2 Å². The molecule has 1 aromatic carbocycles. The Morgan fingerprint density at radius 1 is 1.33 bits per heavy atom. The molecular formula is C16H19N3O2. The van der Waals surface area contributed by atoms with Crippen molar-refractivity contribution >= 4 is 5.91 Å². The second kappa shape index (κ2) is 6.08. The lowest BCUT2D eigenvalue weighted by atomic mass is 10.0. The summed E-state index contributed by atoms with van der Waals surface area (Å²) in [6.45, 7) is 2.66. The van der Waals surface area contributed by atoms with E-state index in [4.69, 9.17) is 4.52 Å². The zero-order valence-electron chi connectivity index (χ0n) is 12.2. The van der Waals surface area contributed by atoms with E-state index in [0.717, 1.165) is 31.4 Å². The minimum atomic E-state index is -0.0730. The maximum atomic E-state index is 12.1. The number of amides is 1. The number of piperidine rings is 1. The standard InChI is InChI=1S/C16H19N3O2/c1-2-14(20)19-11-7-6-10-13(19)16-17-15(18-21-16)12-8-4-3-5-9-12/h3-5,8-9,13H,2,6-7,10-11H2,1H3/t13-/m0/s1. The molecule has 3 rings (SSSR count). The first kappa shape index (κ1) is 13.8. The van der Waals surface area contributed by atoms with Crippen molar-refractivity contribution in [3.63, 3.8) is 0 Å². The Hall–Kier alpha value is -2.17. The van der Waals surface area contributed by atoms with Crippen LogP contribution in [0.15, 0.2) is 34.9 Å². The van der Waals surface area contributed by atoms with Gasteiger partial charge in [-0.3, -0.25) is 4.79 Å². The lowest BCUT2D eigenvalue weighted by Gasteiger charge is -2.33. The van der Waals surface area contributed by atoms with E-state index in [-0.39, 0.29) is 11.9 Å². The third-order valence-electron chi connectivity index (χ3n) is 3.88. The van der Waals surface area contributed by atoms with Gasteiger partial charge in [-0.15, -0.1) is 0 Å². The second-order valence-corrected chi connectivity index (χ2v) is 5.27. The van der Waals surface area contributed by atoms with Crippen LogP contribution in [0.25, 0.3) is 11.4 Å². The summed E-state index contributed by atoms with van der Waals surface area (Å²) in [5.74, 6) is 1.29. The Kier molecular flexibility index (Phi) is 3.99. The summed E-state index contributed by atoms with van der Waals surface area (Å²) >= 11 is 0. The predicted octanol–water partition coefficient (Wildman–Crippen LogP) is 3.20. The zero-order valence-corrected chi connectivity index (χ0v) is 12.2. The summed E-state index contributed by atoms with van der Waals surface area (Å²) in [6.07, 6.45) is 3.53. The molecule has 0 aliphatic carbocycles. The minimum absolute atomic E-state index is 0.0730. The Labute approximate surface area is 124 Å². The van der Waals surface area contributed by atoms with Crippen molar-refractivity contribution in [2.45, 2.75) is 38.6 Å². The van der Waals surface area contributed by atoms with Crippen LogP contribution < -0.4 is 0 Å². The molecule has 1 aromatic heterocycles. The molecule has 1 saturated heterocycles. The maximum absolute atomic E-state index is 12.1. The molecule has 5 heteroatoms. The van der Waals surface area contributed by atoms with Crippen LogP contribution in [0.4, 0.5) is 0 Å². The van der Waals surface area contributed by atoms with Gasteiger partial charge in [0.25, 0.3) is 0 Å². The number of rotatable bonds is 3. The number of hydrogen-bond acceptors (Lipinski definition) is 4. The van der Waals surface area contributed by atoms with Crippen molar-refractivity contribution in [3.8, 4) is 11.4 Å². The molecule has 2 heterocycles. The highest BCUT2D eigenvalue weighted by molar-refractivity contribution is 5.76. The highest BCUT2D eigenvalue weighted by Gasteiger charge is 2.31. The molecular weight excluding hydrogens is 266 g/mol. The first-order chi connectivity index (χ1) is 10.3. The van der Waals surface area contributed by atoms with Gasteiger partial charge < -0.3 is 9.42 Å². The molecule has 0 radical (unpaired) electrons. The van der Waals surface area contributed by atoms with E-state index in [2.05, 4.69) is 10.1 Å². The van der Waals surface area contributed by atoms with Crippen LogP contribution in [0.2, 0.25) is 0 Å². The molecule has 0 unspecified atom stereocenters. The molecule has 1 atom stereocenters. The normalized spacial score (nSPS) is 18.7. The van der Waals surface area contributed by atoms with Gasteiger partial charge in [-0.25, -0.2) is 0 Å². The summed E-state index contributed by atoms with van der Waals surface area (Å²) in [7, 11) is 0. The first-order valence-electron chi connectivity index (χ1n) is 7.48. The fraction of sp³-hybridized carbons (Fsp3) is 0.438. The molecule has 0 saturated carbocycles. The molecule has 5 nitrogen and oxygen atoms in total. The van der Waals surface area contributed by atoms with Crippen LogP contribution in [-0.4, -0.2) is 27.5 Å². The van der Waals surface area contributed by atoms with Gasteiger partial charge in [0.15, 0.2) is 0 Å². The average molecular weight is 285 g/mol. The number of carbonyl (C=O) groups is 1. The Balaban J connectivity index is 1.86. The van der Waals surface area contributed by atoms with E-state index in [1.165, 1.54) is 0 Å². The summed E-state index contributed by atoms with van der Waals surface area (Å²) < 4.78 is 5.43. The third kappa shape index (κ3) is 2.82. The van der Waals surface area contributed by atoms with Gasteiger partial charge in [-0.2, -0.15) is 4.98 Å². The molecule has 1 fully saturated rings. The van der Waals surface area contributed by atoms with E-state index in [9.17, 15) is 4.79 Å². The van der Waals surface area contributed by atoms with Crippen molar-refractivity contribution < 1.29 is 9.32 Å². The topological polar surface area (TPSA) is 59.2 Å². The van der Waals surface area contributed by atoms with Gasteiger partial charge in [0.1, 0.15) is 6.04 Å². The molecule has 110 valence electrons. The van der Waals surface area contributed by atoms with E-state index in [0.29, 0.717) is 18.1 Å². The largest absolute Gasteiger partial charge is 0.337 e. The molecule has 0 spiro atoms. The number of nitrogens with zero attached hydrogens (tertiary/aromatic N) is 3. The van der Waals surface area contributed by atoms with Crippen LogP contribution >= 0.6 is 0 Å². The van der Waals surface area contributed by atoms with Gasteiger partial charge in [0.05, 0.1) is 0 Å². The lowest BCUT2D eigenvalue weighted by Crippen LogP contribution is -2.38. The highest BCUT2D eigenvalue weighted by atomic mass is 16.5. The van der Waals surface area contributed by atoms with Crippen LogP contribution in [0.5, 0.6) is 0 Å². The van der Waals surface area contributed by atoms with Crippen molar-refractivity contribution in [2.24, 2.45) is 0 Å². The Bertz CT molecular complexity index is 609. The molecule has 0 bridgehead atoms. The molecule has 1 aliphatic heterocycles. The average Bonchev–Trinajstić information content (AvgIpc) is 3.05. The quantitative estimate of drug-likeness (QED) is 0.869. The van der Waals surface area contributed by atoms with Gasteiger partial charge in [0, 0.05) is 18.5 Å². The fourth-order valence-corrected chi connectivity index (χ4v) is 2.76. The van der Waals surface area contributed by atoms with Crippen molar-refractivity contribution in [1.29, 1.82) is 0 Å². The van der Waals surface area contributed by atoms with Crippen molar-refractivity contribution in [1.82, 2.24) is 15.0 Å². The van der Waals surface area contributed by atoms with Gasteiger partial charge in [-0.05, 0) is 19.3 Å². The maximum Gasteiger partial charge on any atom is 0.249 e. The van der Waals surface area contributed by atoms with Crippen LogP contribution in [-0.2, 0) is 4.79 Å². The minimum Gasteiger partial charge on any atom is -0.337 e.